The van der Waals surface area contributed by atoms with E-state index in [0.717, 1.165) is 30.8 Å². The molecule has 0 amide bonds. The molecule has 19 heavy (non-hydrogen) atoms. The van der Waals surface area contributed by atoms with Crippen LogP contribution in [0.5, 0.6) is 0 Å². The van der Waals surface area contributed by atoms with Crippen LogP contribution in [-0.4, -0.2) is 31.3 Å². The Morgan fingerprint density at radius 2 is 2.05 bits per heavy atom. The maximum atomic E-state index is 6.06. The second kappa shape index (κ2) is 8.62. The van der Waals surface area contributed by atoms with E-state index < -0.39 is 0 Å². The molecule has 1 rings (SSSR count). The fourth-order valence-corrected chi connectivity index (χ4v) is 2.59. The highest BCUT2D eigenvalue weighted by Gasteiger charge is 2.17. The molecule has 0 bridgehead atoms. The molecule has 0 fully saturated rings. The number of methoxy groups -OCH3 is 1. The smallest absolute Gasteiger partial charge is 0.129 e. The van der Waals surface area contributed by atoms with E-state index in [0.29, 0.717) is 23.6 Å². The van der Waals surface area contributed by atoms with E-state index in [2.05, 4.69) is 23.7 Å². The quantitative estimate of drug-likeness (QED) is 0.676. The first-order chi connectivity index (χ1) is 9.17. The van der Waals surface area contributed by atoms with Gasteiger partial charge in [0.1, 0.15) is 5.82 Å². The Labute approximate surface area is 125 Å². The minimum Gasteiger partial charge on any atom is -0.383 e. The molecular weight excluding hydrogens is 283 g/mol. The van der Waals surface area contributed by atoms with Crippen LogP contribution >= 0.6 is 23.2 Å². The number of anilines is 1. The van der Waals surface area contributed by atoms with Crippen LogP contribution in [0.25, 0.3) is 0 Å². The summed E-state index contributed by atoms with van der Waals surface area (Å²) in [6, 6.07) is 2.43. The standard InChI is InChI=1S/C14H22Cl2N2O/c1-4-12(5-2)18(6-7-19-3)14-8-11(9-15)13(16)10-17-14/h8,10,12H,4-7,9H2,1-3H3. The zero-order valence-corrected chi connectivity index (χ0v) is 13.3. The third kappa shape index (κ3) is 4.51. The van der Waals surface area contributed by atoms with Gasteiger partial charge in [0, 0.05) is 31.8 Å². The summed E-state index contributed by atoms with van der Waals surface area (Å²) in [4.78, 5) is 6.71. The Balaban J connectivity index is 3.01. The van der Waals surface area contributed by atoms with Crippen LogP contribution in [-0.2, 0) is 10.6 Å². The molecule has 0 aliphatic carbocycles. The fraction of sp³-hybridized carbons (Fsp3) is 0.643. The van der Waals surface area contributed by atoms with Crippen molar-refractivity contribution < 1.29 is 4.74 Å². The highest BCUT2D eigenvalue weighted by Crippen LogP contribution is 2.24. The van der Waals surface area contributed by atoms with Gasteiger partial charge in [-0.25, -0.2) is 4.98 Å². The number of hydrogen-bond donors (Lipinski definition) is 0. The lowest BCUT2D eigenvalue weighted by Gasteiger charge is -2.31. The van der Waals surface area contributed by atoms with Crippen molar-refractivity contribution in [1.82, 2.24) is 4.98 Å². The highest BCUT2D eigenvalue weighted by molar-refractivity contribution is 6.32. The van der Waals surface area contributed by atoms with Gasteiger partial charge in [0.25, 0.3) is 0 Å². The average molecular weight is 305 g/mol. The van der Waals surface area contributed by atoms with E-state index in [1.807, 2.05) is 6.07 Å². The summed E-state index contributed by atoms with van der Waals surface area (Å²) in [5.74, 6) is 1.32. The Bertz CT molecular complexity index is 384. The van der Waals surface area contributed by atoms with Crippen LogP contribution in [0.15, 0.2) is 12.3 Å². The molecular formula is C14H22Cl2N2O. The van der Waals surface area contributed by atoms with Gasteiger partial charge in [0.05, 0.1) is 11.6 Å². The van der Waals surface area contributed by atoms with E-state index in [9.17, 15) is 0 Å². The number of halogens is 2. The van der Waals surface area contributed by atoms with Crippen molar-refractivity contribution in [3.63, 3.8) is 0 Å². The number of pyridine rings is 1. The number of nitrogens with zero attached hydrogens (tertiary/aromatic N) is 2. The molecule has 0 N–H and O–H groups in total. The third-order valence-electron chi connectivity index (χ3n) is 3.28. The van der Waals surface area contributed by atoms with Gasteiger partial charge in [-0.2, -0.15) is 0 Å². The monoisotopic (exact) mass is 304 g/mol. The third-order valence-corrected chi connectivity index (χ3v) is 3.91. The molecule has 0 aliphatic heterocycles. The number of aromatic nitrogens is 1. The number of hydrogen-bond acceptors (Lipinski definition) is 3. The molecule has 1 heterocycles. The molecule has 0 spiro atoms. The topological polar surface area (TPSA) is 25.4 Å². The van der Waals surface area contributed by atoms with Crippen LogP contribution in [0, 0.1) is 0 Å². The van der Waals surface area contributed by atoms with Gasteiger partial charge in [-0.3, -0.25) is 0 Å². The van der Waals surface area contributed by atoms with Crippen LogP contribution in [0.1, 0.15) is 32.3 Å². The number of alkyl halides is 1. The maximum absolute atomic E-state index is 6.06. The molecule has 1 aromatic heterocycles. The van der Waals surface area contributed by atoms with E-state index in [1.54, 1.807) is 13.3 Å². The van der Waals surface area contributed by atoms with Crippen LogP contribution < -0.4 is 4.90 Å². The molecule has 108 valence electrons. The van der Waals surface area contributed by atoms with Crippen molar-refractivity contribution in [3.8, 4) is 0 Å². The van der Waals surface area contributed by atoms with E-state index in [-0.39, 0.29) is 0 Å². The Hall–Kier alpha value is -0.510. The average Bonchev–Trinajstić information content (AvgIpc) is 2.44. The summed E-state index contributed by atoms with van der Waals surface area (Å²) in [6.45, 7) is 5.87. The highest BCUT2D eigenvalue weighted by atomic mass is 35.5. The lowest BCUT2D eigenvalue weighted by molar-refractivity contribution is 0.202. The van der Waals surface area contributed by atoms with Crippen molar-refractivity contribution >= 4 is 29.0 Å². The molecule has 1 aromatic rings. The van der Waals surface area contributed by atoms with Crippen LogP contribution in [0.4, 0.5) is 5.82 Å². The molecule has 0 saturated heterocycles. The van der Waals surface area contributed by atoms with Gasteiger partial charge in [-0.1, -0.05) is 25.4 Å². The van der Waals surface area contributed by atoms with Crippen molar-refractivity contribution in [2.45, 2.75) is 38.6 Å². The second-order valence-electron chi connectivity index (χ2n) is 4.42. The van der Waals surface area contributed by atoms with Crippen molar-refractivity contribution in [2.24, 2.45) is 0 Å². The van der Waals surface area contributed by atoms with Crippen LogP contribution in [0.3, 0.4) is 0 Å². The molecule has 0 unspecified atom stereocenters. The normalized spacial score (nSPS) is 11.1. The van der Waals surface area contributed by atoms with Gasteiger partial charge in [0.2, 0.25) is 0 Å². The molecule has 0 atom stereocenters. The largest absolute Gasteiger partial charge is 0.383 e. The molecule has 0 saturated carbocycles. The minimum absolute atomic E-state index is 0.398. The molecule has 5 heteroatoms. The fourth-order valence-electron chi connectivity index (χ4n) is 2.13. The molecule has 0 aliphatic rings. The molecule has 3 nitrogen and oxygen atoms in total. The number of ether oxygens (including phenoxy) is 1. The first-order valence-electron chi connectivity index (χ1n) is 6.63. The second-order valence-corrected chi connectivity index (χ2v) is 5.10. The van der Waals surface area contributed by atoms with Gasteiger partial charge < -0.3 is 9.64 Å². The molecule has 0 radical (unpaired) electrons. The SMILES string of the molecule is CCC(CC)N(CCOC)c1cc(CCl)c(Cl)cn1. The lowest BCUT2D eigenvalue weighted by Crippen LogP contribution is -2.37. The van der Waals surface area contributed by atoms with Crippen molar-refractivity contribution in [1.29, 1.82) is 0 Å². The summed E-state index contributed by atoms with van der Waals surface area (Å²) in [6.07, 6.45) is 3.82. The zero-order valence-electron chi connectivity index (χ0n) is 11.8. The van der Waals surface area contributed by atoms with Gasteiger partial charge in [-0.15, -0.1) is 11.6 Å². The van der Waals surface area contributed by atoms with Crippen LogP contribution in [0.2, 0.25) is 5.02 Å². The predicted molar refractivity (Wildman–Crippen MR) is 82.4 cm³/mol. The zero-order chi connectivity index (χ0) is 14.3. The summed E-state index contributed by atoms with van der Waals surface area (Å²) in [5, 5.41) is 0.620. The first-order valence-corrected chi connectivity index (χ1v) is 7.55. The van der Waals surface area contributed by atoms with Crippen molar-refractivity contribution in [2.75, 3.05) is 25.2 Å². The maximum Gasteiger partial charge on any atom is 0.129 e. The lowest BCUT2D eigenvalue weighted by atomic mass is 10.1. The Morgan fingerprint density at radius 3 is 2.58 bits per heavy atom. The van der Waals surface area contributed by atoms with Crippen molar-refractivity contribution in [3.05, 3.63) is 22.8 Å². The van der Waals surface area contributed by atoms with E-state index in [1.165, 1.54) is 0 Å². The van der Waals surface area contributed by atoms with E-state index in [4.69, 9.17) is 27.9 Å². The van der Waals surface area contributed by atoms with Gasteiger partial charge in [-0.05, 0) is 24.5 Å². The first kappa shape index (κ1) is 16.5. The van der Waals surface area contributed by atoms with Gasteiger partial charge >= 0.3 is 0 Å². The molecule has 0 aromatic carbocycles. The summed E-state index contributed by atoms with van der Waals surface area (Å²) in [7, 11) is 1.71. The summed E-state index contributed by atoms with van der Waals surface area (Å²) >= 11 is 12.0. The summed E-state index contributed by atoms with van der Waals surface area (Å²) < 4.78 is 5.19. The number of rotatable bonds is 8. The minimum atomic E-state index is 0.398. The Kier molecular flexibility index (Phi) is 7.51. The Morgan fingerprint density at radius 1 is 1.37 bits per heavy atom. The summed E-state index contributed by atoms with van der Waals surface area (Å²) in [5.41, 5.74) is 0.918. The predicted octanol–water partition coefficient (Wildman–Crippen LogP) is 4.12. The van der Waals surface area contributed by atoms with E-state index >= 15 is 0 Å². The van der Waals surface area contributed by atoms with Gasteiger partial charge in [0.15, 0.2) is 0 Å².